The van der Waals surface area contributed by atoms with Crippen molar-refractivity contribution in [3.63, 3.8) is 0 Å². The minimum absolute atomic E-state index is 0.334. The maximum Gasteiger partial charge on any atom is 0.107 e. The molecule has 0 aliphatic heterocycles. The van der Waals surface area contributed by atoms with Gasteiger partial charge in [0.2, 0.25) is 0 Å². The predicted molar refractivity (Wildman–Crippen MR) is 46.4 cm³/mol. The van der Waals surface area contributed by atoms with Crippen molar-refractivity contribution < 1.29 is 0 Å². The van der Waals surface area contributed by atoms with Gasteiger partial charge < -0.3 is 0 Å². The molecule has 4 radical (unpaired) electrons. The Morgan fingerprint density at radius 3 is 2.40 bits per heavy atom. The molecule has 50 valence electrons. The normalized spacial score (nSPS) is 10.0. The van der Waals surface area contributed by atoms with Gasteiger partial charge in [-0.1, -0.05) is 15.9 Å². The topological polar surface area (TPSA) is 12.9 Å². The molecule has 0 spiro atoms. The Kier molecular flexibility index (Phi) is 2.47. The van der Waals surface area contributed by atoms with Gasteiger partial charge in [0.05, 0.1) is 5.69 Å². The zero-order valence-electron chi connectivity index (χ0n) is 4.94. The molecule has 1 heterocycles. The molecule has 0 atom stereocenters. The van der Waals surface area contributed by atoms with Gasteiger partial charge in [0.25, 0.3) is 0 Å². The van der Waals surface area contributed by atoms with Crippen molar-refractivity contribution in [1.82, 2.24) is 4.98 Å². The highest BCUT2D eigenvalue weighted by Crippen LogP contribution is 2.21. The Bertz CT molecular complexity index is 235. The van der Waals surface area contributed by atoms with Crippen LogP contribution < -0.4 is 0 Å². The summed E-state index contributed by atoms with van der Waals surface area (Å²) in [6, 6.07) is 1.74. The van der Waals surface area contributed by atoms with Gasteiger partial charge in [0.15, 0.2) is 0 Å². The van der Waals surface area contributed by atoms with Gasteiger partial charge in [-0.05, 0) is 27.6 Å². The molecule has 0 unspecified atom stereocenters. The molecule has 0 N–H and O–H groups in total. The molecule has 0 fully saturated rings. The van der Waals surface area contributed by atoms with Gasteiger partial charge in [0, 0.05) is 18.3 Å². The molecule has 1 rings (SSSR count). The summed E-state index contributed by atoms with van der Waals surface area (Å²) >= 11 is 6.39. The van der Waals surface area contributed by atoms with E-state index in [-0.39, 0.29) is 0 Å². The largest absolute Gasteiger partial charge is 0.245 e. The first-order valence-corrected chi connectivity index (χ1v) is 4.07. The molecule has 1 aromatic heterocycles. The molecule has 10 heavy (non-hydrogen) atoms. The summed E-state index contributed by atoms with van der Waals surface area (Å²) in [5, 5.41) is 0. The second-order valence-electron chi connectivity index (χ2n) is 1.73. The Labute approximate surface area is 77.1 Å². The van der Waals surface area contributed by atoms with E-state index in [1.54, 1.807) is 6.07 Å². The van der Waals surface area contributed by atoms with E-state index < -0.39 is 0 Å². The standard InChI is InChI=1S/C7H3Br2N/c1-4-5(2)10-7(9)3-6(4)8/h1-3H. The van der Waals surface area contributed by atoms with Gasteiger partial charge >= 0.3 is 0 Å². The van der Waals surface area contributed by atoms with Crippen LogP contribution in [0.2, 0.25) is 0 Å². The molecular formula is C7H3Br2N. The lowest BCUT2D eigenvalue weighted by molar-refractivity contribution is 1.19. The lowest BCUT2D eigenvalue weighted by Gasteiger charge is -2.00. The van der Waals surface area contributed by atoms with Crippen molar-refractivity contribution in [3.05, 3.63) is 40.2 Å². The maximum atomic E-state index is 5.50. The molecule has 1 nitrogen and oxygen atoms in total. The fourth-order valence-electron chi connectivity index (χ4n) is 0.512. The number of halogens is 2. The lowest BCUT2D eigenvalue weighted by atomic mass is 10.2. The van der Waals surface area contributed by atoms with Crippen molar-refractivity contribution in [2.24, 2.45) is 0 Å². The molecule has 0 saturated heterocycles. The van der Waals surface area contributed by atoms with Gasteiger partial charge in [-0.25, -0.2) is 4.98 Å². The average molecular weight is 261 g/mol. The highest BCUT2D eigenvalue weighted by molar-refractivity contribution is 9.11. The average Bonchev–Trinajstić information content (AvgIpc) is 1.82. The van der Waals surface area contributed by atoms with E-state index in [1.807, 2.05) is 0 Å². The first kappa shape index (κ1) is 8.21. The Morgan fingerprint density at radius 1 is 1.30 bits per heavy atom. The van der Waals surface area contributed by atoms with Gasteiger partial charge in [-0.3, -0.25) is 0 Å². The summed E-state index contributed by atoms with van der Waals surface area (Å²) in [7, 11) is 0. The van der Waals surface area contributed by atoms with E-state index in [0.717, 1.165) is 4.47 Å². The van der Waals surface area contributed by atoms with Crippen molar-refractivity contribution in [2.75, 3.05) is 0 Å². The first-order valence-electron chi connectivity index (χ1n) is 2.48. The highest BCUT2D eigenvalue weighted by atomic mass is 79.9. The number of hydrogen-bond acceptors (Lipinski definition) is 1. The molecule has 0 aromatic carbocycles. The van der Waals surface area contributed by atoms with E-state index in [9.17, 15) is 0 Å². The maximum absolute atomic E-state index is 5.50. The van der Waals surface area contributed by atoms with E-state index in [1.165, 1.54) is 0 Å². The summed E-state index contributed by atoms with van der Waals surface area (Å²) in [4.78, 5) is 3.87. The molecule has 0 aliphatic rings. The summed E-state index contributed by atoms with van der Waals surface area (Å²) in [5.74, 6) is 0. The quantitative estimate of drug-likeness (QED) is 0.654. The van der Waals surface area contributed by atoms with Crippen LogP contribution in [0.1, 0.15) is 11.3 Å². The summed E-state index contributed by atoms with van der Waals surface area (Å²) < 4.78 is 1.43. The van der Waals surface area contributed by atoms with Crippen LogP contribution in [0.15, 0.2) is 15.1 Å². The highest BCUT2D eigenvalue weighted by Gasteiger charge is 2.00. The number of pyridine rings is 1. The number of rotatable bonds is 0. The fourth-order valence-corrected chi connectivity index (χ4v) is 1.66. The third kappa shape index (κ3) is 1.58. The molecular weight excluding hydrogens is 258 g/mol. The van der Waals surface area contributed by atoms with E-state index in [0.29, 0.717) is 15.9 Å². The van der Waals surface area contributed by atoms with Crippen LogP contribution in [0, 0.1) is 13.8 Å². The van der Waals surface area contributed by atoms with E-state index in [2.05, 4.69) is 36.8 Å². The molecule has 0 saturated carbocycles. The van der Waals surface area contributed by atoms with Crippen molar-refractivity contribution >= 4 is 31.9 Å². The van der Waals surface area contributed by atoms with Crippen LogP contribution in [-0.2, 0) is 0 Å². The molecule has 0 bridgehead atoms. The number of hydrogen-bond donors (Lipinski definition) is 0. The monoisotopic (exact) mass is 259 g/mol. The third-order valence-electron chi connectivity index (χ3n) is 1.01. The third-order valence-corrected chi connectivity index (χ3v) is 2.07. The van der Waals surface area contributed by atoms with Crippen LogP contribution in [-0.4, -0.2) is 4.98 Å². The van der Waals surface area contributed by atoms with Crippen molar-refractivity contribution in [1.29, 1.82) is 0 Å². The van der Waals surface area contributed by atoms with Crippen LogP contribution in [0.4, 0.5) is 0 Å². The predicted octanol–water partition coefficient (Wildman–Crippen LogP) is 2.72. The molecule has 3 heteroatoms. The van der Waals surface area contributed by atoms with Crippen molar-refractivity contribution in [2.45, 2.75) is 0 Å². The van der Waals surface area contributed by atoms with E-state index >= 15 is 0 Å². The SMILES string of the molecule is [CH]c1nc(Br)cc(Br)c1[CH]. The summed E-state index contributed by atoms with van der Waals surface area (Å²) in [6.07, 6.45) is 0. The van der Waals surface area contributed by atoms with Crippen LogP contribution >= 0.6 is 31.9 Å². The fraction of sp³-hybridized carbons (Fsp3) is 0. The lowest BCUT2D eigenvalue weighted by Crippen LogP contribution is -1.87. The Morgan fingerprint density at radius 2 is 1.90 bits per heavy atom. The second kappa shape index (κ2) is 3.01. The zero-order valence-corrected chi connectivity index (χ0v) is 8.11. The number of aromatic nitrogens is 1. The Hall–Kier alpha value is 0.110. The molecule has 0 amide bonds. The van der Waals surface area contributed by atoms with Gasteiger partial charge in [-0.15, -0.1) is 0 Å². The Balaban J connectivity index is 3.31. The zero-order chi connectivity index (χ0) is 7.72. The molecule has 1 aromatic rings. The first-order chi connectivity index (χ1) is 4.61. The smallest absolute Gasteiger partial charge is 0.107 e. The van der Waals surface area contributed by atoms with E-state index in [4.69, 9.17) is 13.8 Å². The van der Waals surface area contributed by atoms with Gasteiger partial charge in [-0.2, -0.15) is 0 Å². The van der Waals surface area contributed by atoms with Gasteiger partial charge in [0.1, 0.15) is 4.60 Å². The minimum Gasteiger partial charge on any atom is -0.245 e. The van der Waals surface area contributed by atoms with Crippen LogP contribution in [0.5, 0.6) is 0 Å². The van der Waals surface area contributed by atoms with Crippen LogP contribution in [0.25, 0.3) is 0 Å². The number of nitrogens with zero attached hydrogens (tertiary/aromatic N) is 1. The minimum atomic E-state index is 0.334. The van der Waals surface area contributed by atoms with Crippen LogP contribution in [0.3, 0.4) is 0 Å². The molecule has 0 aliphatic carbocycles. The van der Waals surface area contributed by atoms with Crippen molar-refractivity contribution in [3.8, 4) is 0 Å². The summed E-state index contributed by atoms with van der Waals surface area (Å²) in [5.41, 5.74) is 0.810. The second-order valence-corrected chi connectivity index (χ2v) is 3.39. The summed E-state index contributed by atoms with van der Waals surface area (Å²) in [6.45, 7) is 10.9.